The SMILES string of the molecule is COc1ccc([C@]2(CCN(Cc3ccc(O[C@H]4CC[C@H](C(=O)O)CC4)cc3)C(=O)C(C)(C)C)CCOC(C)(C)C2)cc1. The van der Waals surface area contributed by atoms with E-state index < -0.39 is 11.4 Å². The summed E-state index contributed by atoms with van der Waals surface area (Å²) in [5.74, 6) is 0.797. The predicted molar refractivity (Wildman–Crippen MR) is 164 cm³/mol. The summed E-state index contributed by atoms with van der Waals surface area (Å²) >= 11 is 0. The molecule has 0 radical (unpaired) electrons. The van der Waals surface area contributed by atoms with Gasteiger partial charge in [0.05, 0.1) is 24.7 Å². The van der Waals surface area contributed by atoms with Crippen LogP contribution in [-0.2, 0) is 26.3 Å². The largest absolute Gasteiger partial charge is 0.497 e. The Morgan fingerprint density at radius 3 is 2.14 bits per heavy atom. The van der Waals surface area contributed by atoms with Crippen LogP contribution >= 0.6 is 0 Å². The maximum Gasteiger partial charge on any atom is 0.306 e. The first-order valence-electron chi connectivity index (χ1n) is 15.4. The number of methoxy groups -OCH3 is 1. The predicted octanol–water partition coefficient (Wildman–Crippen LogP) is 7.01. The fourth-order valence-corrected chi connectivity index (χ4v) is 6.62. The molecular formula is C35H49NO6. The molecule has 42 heavy (non-hydrogen) atoms. The summed E-state index contributed by atoms with van der Waals surface area (Å²) in [5, 5.41) is 9.25. The lowest BCUT2D eigenvalue weighted by Crippen LogP contribution is -2.47. The Hall–Kier alpha value is -3.06. The first-order valence-corrected chi connectivity index (χ1v) is 15.4. The molecule has 1 aliphatic carbocycles. The minimum atomic E-state index is -0.706. The number of carboxylic acid groups (broad SMARTS) is 1. The van der Waals surface area contributed by atoms with Gasteiger partial charge in [-0.3, -0.25) is 9.59 Å². The number of nitrogens with zero attached hydrogens (tertiary/aromatic N) is 1. The highest BCUT2D eigenvalue weighted by molar-refractivity contribution is 5.81. The van der Waals surface area contributed by atoms with Crippen molar-refractivity contribution in [1.29, 1.82) is 0 Å². The summed E-state index contributed by atoms with van der Waals surface area (Å²) in [5.41, 5.74) is 1.46. The normalized spacial score (nSPS) is 24.0. The summed E-state index contributed by atoms with van der Waals surface area (Å²) < 4.78 is 17.7. The minimum Gasteiger partial charge on any atom is -0.497 e. The Kier molecular flexibility index (Phi) is 9.92. The van der Waals surface area contributed by atoms with Gasteiger partial charge in [-0.05, 0) is 94.2 Å². The molecule has 1 atom stereocenters. The van der Waals surface area contributed by atoms with Crippen LogP contribution in [0.5, 0.6) is 11.5 Å². The first-order chi connectivity index (χ1) is 19.8. The topological polar surface area (TPSA) is 85.3 Å². The minimum absolute atomic E-state index is 0.0447. The van der Waals surface area contributed by atoms with Crippen molar-refractivity contribution in [2.75, 3.05) is 20.3 Å². The van der Waals surface area contributed by atoms with Crippen molar-refractivity contribution in [3.05, 3.63) is 59.7 Å². The molecule has 230 valence electrons. The molecule has 4 rings (SSSR count). The highest BCUT2D eigenvalue weighted by atomic mass is 16.5. The molecule has 1 saturated heterocycles. The Labute approximate surface area is 251 Å². The molecule has 1 amide bonds. The van der Waals surface area contributed by atoms with Crippen LogP contribution in [0, 0.1) is 11.3 Å². The van der Waals surface area contributed by atoms with Crippen LogP contribution in [0.3, 0.4) is 0 Å². The van der Waals surface area contributed by atoms with E-state index in [1.807, 2.05) is 62.1 Å². The maximum atomic E-state index is 13.7. The van der Waals surface area contributed by atoms with Crippen molar-refractivity contribution >= 4 is 11.9 Å². The van der Waals surface area contributed by atoms with Crippen LogP contribution in [0.4, 0.5) is 0 Å². The van der Waals surface area contributed by atoms with E-state index in [0.29, 0.717) is 32.5 Å². The number of carbonyl (C=O) groups is 2. The van der Waals surface area contributed by atoms with E-state index in [0.717, 1.165) is 49.2 Å². The third-order valence-electron chi connectivity index (χ3n) is 8.95. The summed E-state index contributed by atoms with van der Waals surface area (Å²) in [6.07, 6.45) is 5.49. The summed E-state index contributed by atoms with van der Waals surface area (Å²) in [7, 11) is 1.68. The van der Waals surface area contributed by atoms with Gasteiger partial charge < -0.3 is 24.2 Å². The lowest BCUT2D eigenvalue weighted by atomic mass is 9.67. The third-order valence-corrected chi connectivity index (χ3v) is 8.95. The lowest BCUT2D eigenvalue weighted by Gasteiger charge is -2.46. The van der Waals surface area contributed by atoms with Crippen molar-refractivity contribution < 1.29 is 28.9 Å². The van der Waals surface area contributed by atoms with Gasteiger partial charge in [-0.1, -0.05) is 45.0 Å². The van der Waals surface area contributed by atoms with Gasteiger partial charge >= 0.3 is 5.97 Å². The molecule has 1 heterocycles. The van der Waals surface area contributed by atoms with Crippen molar-refractivity contribution in [3.63, 3.8) is 0 Å². The smallest absolute Gasteiger partial charge is 0.306 e. The molecule has 7 heteroatoms. The van der Waals surface area contributed by atoms with Gasteiger partial charge in [0.1, 0.15) is 11.5 Å². The Morgan fingerprint density at radius 2 is 1.60 bits per heavy atom. The second kappa shape index (κ2) is 13.1. The van der Waals surface area contributed by atoms with E-state index in [2.05, 4.69) is 26.0 Å². The molecule has 2 aromatic carbocycles. The highest BCUT2D eigenvalue weighted by Crippen LogP contribution is 2.45. The van der Waals surface area contributed by atoms with Gasteiger partial charge in [-0.2, -0.15) is 0 Å². The van der Waals surface area contributed by atoms with Crippen molar-refractivity contribution in [3.8, 4) is 11.5 Å². The van der Waals surface area contributed by atoms with Gasteiger partial charge in [0, 0.05) is 30.5 Å². The zero-order valence-corrected chi connectivity index (χ0v) is 26.3. The number of benzene rings is 2. The number of hydrogen-bond donors (Lipinski definition) is 1. The number of carboxylic acids is 1. The molecule has 1 saturated carbocycles. The van der Waals surface area contributed by atoms with Gasteiger partial charge in [0.15, 0.2) is 0 Å². The van der Waals surface area contributed by atoms with Gasteiger partial charge in [-0.15, -0.1) is 0 Å². The second-order valence-corrected chi connectivity index (χ2v) is 13.8. The number of amides is 1. The van der Waals surface area contributed by atoms with E-state index in [-0.39, 0.29) is 28.9 Å². The summed E-state index contributed by atoms with van der Waals surface area (Å²) in [6, 6.07) is 16.4. The summed E-state index contributed by atoms with van der Waals surface area (Å²) in [4.78, 5) is 27.0. The van der Waals surface area contributed by atoms with Crippen LogP contribution in [0.15, 0.2) is 48.5 Å². The van der Waals surface area contributed by atoms with Gasteiger partial charge in [0.2, 0.25) is 5.91 Å². The molecule has 2 aliphatic rings. The third kappa shape index (κ3) is 8.06. The fourth-order valence-electron chi connectivity index (χ4n) is 6.62. The van der Waals surface area contributed by atoms with Gasteiger partial charge in [-0.25, -0.2) is 0 Å². The molecule has 1 N–H and O–H groups in total. The molecule has 7 nitrogen and oxygen atoms in total. The second-order valence-electron chi connectivity index (χ2n) is 13.8. The molecule has 0 spiro atoms. The van der Waals surface area contributed by atoms with E-state index in [1.165, 1.54) is 5.56 Å². The van der Waals surface area contributed by atoms with Crippen molar-refractivity contribution in [1.82, 2.24) is 4.90 Å². The first kappa shape index (κ1) is 31.9. The number of carbonyl (C=O) groups excluding carboxylic acids is 1. The van der Waals surface area contributed by atoms with E-state index >= 15 is 0 Å². The van der Waals surface area contributed by atoms with E-state index in [1.54, 1.807) is 7.11 Å². The molecule has 0 bridgehead atoms. The molecule has 2 aromatic rings. The van der Waals surface area contributed by atoms with Crippen LogP contribution in [0.25, 0.3) is 0 Å². The van der Waals surface area contributed by atoms with E-state index in [4.69, 9.17) is 14.2 Å². The quantitative estimate of drug-likeness (QED) is 0.326. The van der Waals surface area contributed by atoms with Crippen LogP contribution < -0.4 is 9.47 Å². The van der Waals surface area contributed by atoms with Crippen LogP contribution in [0.1, 0.15) is 90.7 Å². The fraction of sp³-hybridized carbons (Fsp3) is 0.600. The maximum absolute atomic E-state index is 13.7. The van der Waals surface area contributed by atoms with E-state index in [9.17, 15) is 14.7 Å². The Balaban J connectivity index is 1.48. The molecule has 0 unspecified atom stereocenters. The average molecular weight is 580 g/mol. The zero-order valence-electron chi connectivity index (χ0n) is 26.3. The summed E-state index contributed by atoms with van der Waals surface area (Å²) in [6.45, 7) is 12.1. The lowest BCUT2D eigenvalue weighted by molar-refractivity contribution is -0.143. The molecular weight excluding hydrogens is 530 g/mol. The standard InChI is InChI=1S/C35H49NO6/c1-33(2,3)32(39)36(23-25-7-13-29(14-8-25)42-30-15-9-26(10-16-30)31(37)38)21-19-35(20-22-41-34(4,5)24-35)27-11-17-28(40-6)18-12-27/h7-8,11-14,17-18,26,30H,9-10,15-16,19-24H2,1-6H3,(H,37,38)/t26-,30-,35-/m1/s1. The number of aliphatic carboxylic acids is 1. The average Bonchev–Trinajstić information content (AvgIpc) is 2.95. The number of ether oxygens (including phenoxy) is 3. The zero-order chi connectivity index (χ0) is 30.5. The monoisotopic (exact) mass is 579 g/mol. The van der Waals surface area contributed by atoms with Gasteiger partial charge in [0.25, 0.3) is 0 Å². The molecule has 1 aliphatic heterocycles. The van der Waals surface area contributed by atoms with Crippen LogP contribution in [-0.4, -0.2) is 53.8 Å². The number of rotatable bonds is 10. The van der Waals surface area contributed by atoms with Crippen molar-refractivity contribution in [2.24, 2.45) is 11.3 Å². The Bertz CT molecular complexity index is 1190. The van der Waals surface area contributed by atoms with Crippen LogP contribution in [0.2, 0.25) is 0 Å². The Morgan fingerprint density at radius 1 is 0.976 bits per heavy atom. The molecule has 0 aromatic heterocycles. The highest BCUT2D eigenvalue weighted by Gasteiger charge is 2.43. The number of hydrogen-bond acceptors (Lipinski definition) is 5. The molecule has 2 fully saturated rings. The van der Waals surface area contributed by atoms with Crippen molar-refractivity contribution in [2.45, 2.75) is 103 Å².